The molecule has 1 atom stereocenters. The maximum atomic E-state index is 13.3. The lowest BCUT2D eigenvalue weighted by Gasteiger charge is -2.18. The summed E-state index contributed by atoms with van der Waals surface area (Å²) in [6, 6.07) is 23.0. The molecule has 0 aliphatic carbocycles. The van der Waals surface area contributed by atoms with Crippen molar-refractivity contribution in [2.24, 2.45) is 0 Å². The van der Waals surface area contributed by atoms with Gasteiger partial charge in [-0.2, -0.15) is 0 Å². The van der Waals surface area contributed by atoms with Crippen molar-refractivity contribution in [2.45, 2.75) is 25.7 Å². The van der Waals surface area contributed by atoms with Gasteiger partial charge in [0.25, 0.3) is 0 Å². The molecular weight excluding hydrogens is 437 g/mol. The monoisotopic (exact) mass is 461 g/mol. The van der Waals surface area contributed by atoms with Crippen LogP contribution in [0.3, 0.4) is 0 Å². The Morgan fingerprint density at radius 3 is 2.33 bits per heavy atom. The van der Waals surface area contributed by atoms with E-state index in [-0.39, 0.29) is 17.8 Å². The number of aryl methyl sites for hydroxylation is 1. The molecule has 0 bridgehead atoms. The fourth-order valence-corrected chi connectivity index (χ4v) is 3.60. The summed E-state index contributed by atoms with van der Waals surface area (Å²) in [6.07, 6.45) is 2.25. The predicted octanol–water partition coefficient (Wildman–Crippen LogP) is 4.43. The van der Waals surface area contributed by atoms with Crippen molar-refractivity contribution in [1.29, 1.82) is 0 Å². The quantitative estimate of drug-likeness (QED) is 0.325. The molecule has 3 rings (SSSR count). The van der Waals surface area contributed by atoms with Gasteiger partial charge in [-0.05, 0) is 41.3 Å². The lowest BCUT2D eigenvalue weighted by Crippen LogP contribution is -2.36. The zero-order chi connectivity index (χ0) is 23.8. The SMILES string of the molecule is CCc1cccc(/C=C(/NC(=O)[C@H](CC(=O)c2ccccc2)c2ccc(Cl)cc2)B(O)O)c1. The maximum Gasteiger partial charge on any atom is 0.505 e. The molecule has 3 N–H and O–H groups in total. The van der Waals surface area contributed by atoms with Crippen molar-refractivity contribution >= 4 is 36.5 Å². The largest absolute Gasteiger partial charge is 0.505 e. The van der Waals surface area contributed by atoms with E-state index >= 15 is 0 Å². The molecular formula is C26H25BClNO4. The third-order valence-corrected chi connectivity index (χ3v) is 5.55. The van der Waals surface area contributed by atoms with Crippen LogP contribution < -0.4 is 5.32 Å². The summed E-state index contributed by atoms with van der Waals surface area (Å²) in [6.45, 7) is 2.02. The minimum atomic E-state index is -1.89. The van der Waals surface area contributed by atoms with Gasteiger partial charge in [-0.1, -0.05) is 85.3 Å². The van der Waals surface area contributed by atoms with E-state index in [1.165, 1.54) is 6.08 Å². The molecule has 0 radical (unpaired) electrons. The van der Waals surface area contributed by atoms with Crippen LogP contribution in [0.2, 0.25) is 5.02 Å². The van der Waals surface area contributed by atoms with E-state index in [1.807, 2.05) is 37.3 Å². The summed E-state index contributed by atoms with van der Waals surface area (Å²) in [5.41, 5.74) is 2.83. The second-order valence-electron chi connectivity index (χ2n) is 7.66. The normalized spacial score (nSPS) is 12.2. The van der Waals surface area contributed by atoms with Crippen LogP contribution >= 0.6 is 11.6 Å². The van der Waals surface area contributed by atoms with E-state index in [2.05, 4.69) is 5.32 Å². The van der Waals surface area contributed by atoms with Gasteiger partial charge in [0, 0.05) is 22.6 Å². The highest BCUT2D eigenvalue weighted by Crippen LogP contribution is 2.25. The van der Waals surface area contributed by atoms with Crippen LogP contribution in [0.25, 0.3) is 6.08 Å². The van der Waals surface area contributed by atoms with Crippen LogP contribution in [0.15, 0.2) is 84.5 Å². The molecule has 0 aliphatic heterocycles. The zero-order valence-corrected chi connectivity index (χ0v) is 19.0. The number of carbonyl (C=O) groups is 2. The van der Waals surface area contributed by atoms with Crippen LogP contribution in [0.4, 0.5) is 0 Å². The molecule has 3 aromatic carbocycles. The molecule has 5 nitrogen and oxygen atoms in total. The number of halogens is 1. The summed E-state index contributed by atoms with van der Waals surface area (Å²) in [5, 5.41) is 22.9. The number of hydrogen-bond donors (Lipinski definition) is 3. The van der Waals surface area contributed by atoms with Gasteiger partial charge < -0.3 is 15.4 Å². The second-order valence-corrected chi connectivity index (χ2v) is 8.10. The first-order valence-electron chi connectivity index (χ1n) is 10.7. The Morgan fingerprint density at radius 2 is 1.70 bits per heavy atom. The highest BCUT2D eigenvalue weighted by atomic mass is 35.5. The van der Waals surface area contributed by atoms with Crippen molar-refractivity contribution in [3.8, 4) is 0 Å². The van der Waals surface area contributed by atoms with Crippen molar-refractivity contribution < 1.29 is 19.6 Å². The number of rotatable bonds is 9. The molecule has 0 saturated carbocycles. The van der Waals surface area contributed by atoms with Crippen LogP contribution in [0.5, 0.6) is 0 Å². The highest BCUT2D eigenvalue weighted by molar-refractivity contribution is 6.52. The van der Waals surface area contributed by atoms with E-state index in [9.17, 15) is 19.6 Å². The Kier molecular flexibility index (Phi) is 8.61. The van der Waals surface area contributed by atoms with Crippen molar-refractivity contribution in [1.82, 2.24) is 5.32 Å². The first-order valence-corrected chi connectivity index (χ1v) is 11.1. The zero-order valence-electron chi connectivity index (χ0n) is 18.2. The van der Waals surface area contributed by atoms with Gasteiger partial charge in [-0.3, -0.25) is 9.59 Å². The van der Waals surface area contributed by atoms with Crippen molar-refractivity contribution in [3.05, 3.63) is 112 Å². The molecule has 0 fully saturated rings. The molecule has 0 aliphatic rings. The maximum absolute atomic E-state index is 13.3. The van der Waals surface area contributed by atoms with E-state index in [4.69, 9.17) is 11.6 Å². The van der Waals surface area contributed by atoms with Crippen LogP contribution in [0, 0.1) is 0 Å². The molecule has 0 spiro atoms. The summed E-state index contributed by atoms with van der Waals surface area (Å²) < 4.78 is 0. The molecule has 168 valence electrons. The lowest BCUT2D eigenvalue weighted by atomic mass is 9.83. The van der Waals surface area contributed by atoms with E-state index in [0.717, 1.165) is 17.5 Å². The number of benzene rings is 3. The number of hydrogen-bond acceptors (Lipinski definition) is 4. The average molecular weight is 462 g/mol. The van der Waals surface area contributed by atoms with Crippen molar-refractivity contribution in [2.75, 3.05) is 0 Å². The third kappa shape index (κ3) is 6.90. The average Bonchev–Trinajstić information content (AvgIpc) is 2.83. The Morgan fingerprint density at radius 1 is 1.00 bits per heavy atom. The van der Waals surface area contributed by atoms with Gasteiger partial charge in [-0.15, -0.1) is 0 Å². The lowest BCUT2D eigenvalue weighted by molar-refractivity contribution is -0.121. The number of nitrogens with one attached hydrogen (secondary N) is 1. The summed E-state index contributed by atoms with van der Waals surface area (Å²) >= 11 is 6.00. The Labute approximate surface area is 198 Å². The van der Waals surface area contributed by atoms with Gasteiger partial charge in [0.1, 0.15) is 0 Å². The number of ketones is 1. The highest BCUT2D eigenvalue weighted by Gasteiger charge is 2.27. The third-order valence-electron chi connectivity index (χ3n) is 5.30. The first-order chi connectivity index (χ1) is 15.9. The molecule has 33 heavy (non-hydrogen) atoms. The number of Topliss-reactive ketones (excluding diaryl/α,β-unsaturated/α-hetero) is 1. The van der Waals surface area contributed by atoms with Gasteiger partial charge in [-0.25, -0.2) is 0 Å². The fraction of sp³-hybridized carbons (Fsp3) is 0.154. The number of amides is 1. The van der Waals surface area contributed by atoms with E-state index < -0.39 is 18.9 Å². The predicted molar refractivity (Wildman–Crippen MR) is 132 cm³/mol. The molecule has 3 aromatic rings. The first kappa shape index (κ1) is 24.5. The second kappa shape index (κ2) is 11.6. The Balaban J connectivity index is 1.89. The summed E-state index contributed by atoms with van der Waals surface area (Å²) in [5.74, 6) is -1.57. The molecule has 0 unspecified atom stereocenters. The Hall–Kier alpha value is -3.19. The molecule has 0 heterocycles. The van der Waals surface area contributed by atoms with Crippen LogP contribution in [-0.2, 0) is 11.2 Å². The van der Waals surface area contributed by atoms with Gasteiger partial charge in [0.15, 0.2) is 5.78 Å². The van der Waals surface area contributed by atoms with Gasteiger partial charge in [0.05, 0.1) is 5.92 Å². The molecule has 0 saturated heterocycles. The minimum Gasteiger partial charge on any atom is -0.422 e. The van der Waals surface area contributed by atoms with Crippen LogP contribution in [-0.4, -0.2) is 28.9 Å². The molecule has 1 amide bonds. The van der Waals surface area contributed by atoms with Crippen molar-refractivity contribution in [3.63, 3.8) is 0 Å². The smallest absolute Gasteiger partial charge is 0.422 e. The standard InChI is InChI=1S/C26H25BClNO4/c1-2-18-7-6-8-19(15-18)16-25(27(32)33)29-26(31)23(20-11-13-22(28)14-12-20)17-24(30)21-9-4-3-5-10-21/h3-16,23,32-33H,2,17H2,1H3,(H,29,31)/b25-16+/t23-/m1/s1. The summed E-state index contributed by atoms with van der Waals surface area (Å²) in [4.78, 5) is 26.1. The Bertz CT molecular complexity index is 1130. The topological polar surface area (TPSA) is 86.6 Å². The van der Waals surface area contributed by atoms with E-state index in [1.54, 1.807) is 48.5 Å². The fourth-order valence-electron chi connectivity index (χ4n) is 3.47. The molecule has 7 heteroatoms. The number of carbonyl (C=O) groups excluding carboxylic acids is 2. The summed E-state index contributed by atoms with van der Waals surface area (Å²) in [7, 11) is -1.89. The van der Waals surface area contributed by atoms with Crippen LogP contribution in [0.1, 0.15) is 46.3 Å². The minimum absolute atomic E-state index is 0.0700. The molecule has 0 aromatic heterocycles. The van der Waals surface area contributed by atoms with Gasteiger partial charge in [0.2, 0.25) is 5.91 Å². The van der Waals surface area contributed by atoms with Gasteiger partial charge >= 0.3 is 7.12 Å². The van der Waals surface area contributed by atoms with E-state index in [0.29, 0.717) is 16.1 Å².